The average Bonchev–Trinajstić information content (AvgIpc) is 2.35. The first-order valence-corrected chi connectivity index (χ1v) is 3.65. The van der Waals surface area contributed by atoms with Gasteiger partial charge in [0, 0.05) is 0 Å². The van der Waals surface area contributed by atoms with E-state index in [0.29, 0.717) is 12.8 Å². The standard InChI is InChI=1S/C8H12O3/c1-11-8(10)5-6-2-3-7(9)4-6/h2-3,6-7,9H,4-5H2,1H3/t6-,7+/m0/s1. The van der Waals surface area contributed by atoms with Crippen molar-refractivity contribution in [2.45, 2.75) is 18.9 Å². The predicted octanol–water partition coefficient (Wildman–Crippen LogP) is 0.486. The molecule has 2 atom stereocenters. The molecule has 0 saturated carbocycles. The van der Waals surface area contributed by atoms with Crippen molar-refractivity contribution in [2.75, 3.05) is 7.11 Å². The maximum Gasteiger partial charge on any atom is 0.306 e. The fourth-order valence-electron chi connectivity index (χ4n) is 1.20. The molecule has 0 bridgehead atoms. The average molecular weight is 156 g/mol. The Kier molecular flexibility index (Phi) is 2.65. The number of aliphatic hydroxyl groups excluding tert-OH is 1. The number of carbonyl (C=O) groups excluding carboxylic acids is 1. The molecule has 1 aliphatic carbocycles. The van der Waals surface area contributed by atoms with Gasteiger partial charge in [-0.2, -0.15) is 0 Å². The molecule has 0 heterocycles. The third-order valence-electron chi connectivity index (χ3n) is 1.81. The Hall–Kier alpha value is -0.830. The van der Waals surface area contributed by atoms with Gasteiger partial charge in [0.15, 0.2) is 0 Å². The Balaban J connectivity index is 2.29. The zero-order chi connectivity index (χ0) is 8.27. The van der Waals surface area contributed by atoms with Crippen molar-refractivity contribution in [3.8, 4) is 0 Å². The van der Waals surface area contributed by atoms with Crippen LogP contribution in [0, 0.1) is 5.92 Å². The second-order valence-electron chi connectivity index (χ2n) is 2.73. The summed E-state index contributed by atoms with van der Waals surface area (Å²) in [6.45, 7) is 0. The first-order chi connectivity index (χ1) is 5.22. The number of aliphatic hydroxyl groups is 1. The van der Waals surface area contributed by atoms with Crippen LogP contribution in [0.4, 0.5) is 0 Å². The SMILES string of the molecule is COC(=O)C[C@H]1C=C[C@@H](O)C1. The number of hydrogen-bond donors (Lipinski definition) is 1. The van der Waals surface area contributed by atoms with Crippen molar-refractivity contribution >= 4 is 5.97 Å². The van der Waals surface area contributed by atoms with E-state index in [0.717, 1.165) is 0 Å². The topological polar surface area (TPSA) is 46.5 Å². The van der Waals surface area contributed by atoms with Crippen molar-refractivity contribution < 1.29 is 14.6 Å². The smallest absolute Gasteiger partial charge is 0.306 e. The van der Waals surface area contributed by atoms with Crippen LogP contribution in [-0.4, -0.2) is 24.3 Å². The fraction of sp³-hybridized carbons (Fsp3) is 0.625. The minimum absolute atomic E-state index is 0.164. The highest BCUT2D eigenvalue weighted by Gasteiger charge is 2.19. The monoisotopic (exact) mass is 156 g/mol. The number of methoxy groups -OCH3 is 1. The minimum atomic E-state index is -0.371. The zero-order valence-electron chi connectivity index (χ0n) is 6.49. The van der Waals surface area contributed by atoms with Gasteiger partial charge in [0.2, 0.25) is 0 Å². The highest BCUT2D eigenvalue weighted by atomic mass is 16.5. The second kappa shape index (κ2) is 3.53. The van der Waals surface area contributed by atoms with E-state index in [4.69, 9.17) is 5.11 Å². The Morgan fingerprint density at radius 3 is 2.91 bits per heavy atom. The van der Waals surface area contributed by atoms with Gasteiger partial charge < -0.3 is 9.84 Å². The normalized spacial score (nSPS) is 28.9. The van der Waals surface area contributed by atoms with E-state index in [1.165, 1.54) is 7.11 Å². The number of allylic oxidation sites excluding steroid dienone is 1. The number of carbonyl (C=O) groups is 1. The number of hydrogen-bond acceptors (Lipinski definition) is 3. The molecule has 62 valence electrons. The summed E-state index contributed by atoms with van der Waals surface area (Å²) >= 11 is 0. The Morgan fingerprint density at radius 2 is 2.45 bits per heavy atom. The molecule has 11 heavy (non-hydrogen) atoms. The molecule has 0 amide bonds. The van der Waals surface area contributed by atoms with Crippen molar-refractivity contribution in [1.29, 1.82) is 0 Å². The molecule has 0 fully saturated rings. The molecule has 0 radical (unpaired) electrons. The van der Waals surface area contributed by atoms with E-state index in [9.17, 15) is 4.79 Å². The van der Waals surface area contributed by atoms with E-state index >= 15 is 0 Å². The third-order valence-corrected chi connectivity index (χ3v) is 1.81. The zero-order valence-corrected chi connectivity index (χ0v) is 6.49. The van der Waals surface area contributed by atoms with E-state index < -0.39 is 0 Å². The third kappa shape index (κ3) is 2.35. The molecule has 0 aromatic heterocycles. The first kappa shape index (κ1) is 8.27. The van der Waals surface area contributed by atoms with Gasteiger partial charge in [-0.05, 0) is 12.3 Å². The Bertz CT molecular complexity index is 174. The number of ether oxygens (including phenoxy) is 1. The van der Waals surface area contributed by atoms with Gasteiger partial charge in [-0.15, -0.1) is 0 Å². The van der Waals surface area contributed by atoms with E-state index in [1.54, 1.807) is 6.08 Å². The van der Waals surface area contributed by atoms with Gasteiger partial charge in [-0.3, -0.25) is 4.79 Å². The molecular formula is C8H12O3. The van der Waals surface area contributed by atoms with E-state index in [1.807, 2.05) is 6.08 Å². The second-order valence-corrected chi connectivity index (χ2v) is 2.73. The molecule has 0 aromatic carbocycles. The summed E-state index contributed by atoms with van der Waals surface area (Å²) in [6.07, 6.45) is 4.23. The predicted molar refractivity (Wildman–Crippen MR) is 39.9 cm³/mol. The molecule has 0 aromatic rings. The molecule has 3 heteroatoms. The summed E-state index contributed by atoms with van der Waals surface area (Å²) in [5.74, 6) is -0.0498. The summed E-state index contributed by atoms with van der Waals surface area (Å²) in [7, 11) is 1.37. The molecule has 0 unspecified atom stereocenters. The molecule has 3 nitrogen and oxygen atoms in total. The lowest BCUT2D eigenvalue weighted by Crippen LogP contribution is -2.08. The molecule has 0 spiro atoms. The van der Waals surface area contributed by atoms with Crippen LogP contribution in [0.1, 0.15) is 12.8 Å². The van der Waals surface area contributed by atoms with E-state index in [-0.39, 0.29) is 18.0 Å². The summed E-state index contributed by atoms with van der Waals surface area (Å²) in [4.78, 5) is 10.7. The molecule has 0 aliphatic heterocycles. The molecule has 0 saturated heterocycles. The summed E-state index contributed by atoms with van der Waals surface area (Å²) in [5.41, 5.74) is 0. The number of esters is 1. The molecular weight excluding hydrogens is 144 g/mol. The van der Waals surface area contributed by atoms with Gasteiger partial charge >= 0.3 is 5.97 Å². The van der Waals surface area contributed by atoms with Crippen molar-refractivity contribution in [1.82, 2.24) is 0 Å². The Labute approximate surface area is 65.7 Å². The first-order valence-electron chi connectivity index (χ1n) is 3.65. The fourth-order valence-corrected chi connectivity index (χ4v) is 1.20. The van der Waals surface area contributed by atoms with Crippen LogP contribution in [0.15, 0.2) is 12.2 Å². The van der Waals surface area contributed by atoms with Crippen LogP contribution in [0.25, 0.3) is 0 Å². The van der Waals surface area contributed by atoms with Crippen molar-refractivity contribution in [3.05, 3.63) is 12.2 Å². The van der Waals surface area contributed by atoms with Crippen LogP contribution in [0.3, 0.4) is 0 Å². The maximum absolute atomic E-state index is 10.7. The summed E-state index contributed by atoms with van der Waals surface area (Å²) in [6, 6.07) is 0. The highest BCUT2D eigenvalue weighted by Crippen LogP contribution is 2.20. The minimum Gasteiger partial charge on any atom is -0.469 e. The molecule has 1 rings (SSSR count). The van der Waals surface area contributed by atoms with Crippen LogP contribution < -0.4 is 0 Å². The van der Waals surface area contributed by atoms with Crippen LogP contribution in [-0.2, 0) is 9.53 Å². The Morgan fingerprint density at radius 1 is 1.73 bits per heavy atom. The molecule has 1 N–H and O–H groups in total. The maximum atomic E-state index is 10.7. The highest BCUT2D eigenvalue weighted by molar-refractivity contribution is 5.69. The van der Waals surface area contributed by atoms with Gasteiger partial charge in [-0.1, -0.05) is 12.2 Å². The largest absolute Gasteiger partial charge is 0.469 e. The van der Waals surface area contributed by atoms with Crippen LogP contribution in [0.2, 0.25) is 0 Å². The van der Waals surface area contributed by atoms with Gasteiger partial charge in [0.25, 0.3) is 0 Å². The summed E-state index contributed by atoms with van der Waals surface area (Å²) < 4.78 is 4.49. The van der Waals surface area contributed by atoms with Crippen molar-refractivity contribution in [3.63, 3.8) is 0 Å². The lowest BCUT2D eigenvalue weighted by atomic mass is 10.1. The van der Waals surface area contributed by atoms with Crippen LogP contribution in [0.5, 0.6) is 0 Å². The lowest BCUT2D eigenvalue weighted by molar-refractivity contribution is -0.141. The van der Waals surface area contributed by atoms with Gasteiger partial charge in [0.05, 0.1) is 19.6 Å². The number of rotatable bonds is 2. The lowest BCUT2D eigenvalue weighted by Gasteiger charge is -2.05. The molecule has 1 aliphatic rings. The quantitative estimate of drug-likeness (QED) is 0.467. The summed E-state index contributed by atoms with van der Waals surface area (Å²) in [5, 5.41) is 9.05. The van der Waals surface area contributed by atoms with Gasteiger partial charge in [-0.25, -0.2) is 0 Å². The van der Waals surface area contributed by atoms with E-state index in [2.05, 4.69) is 4.74 Å². The van der Waals surface area contributed by atoms with Gasteiger partial charge in [0.1, 0.15) is 0 Å². The van der Waals surface area contributed by atoms with Crippen molar-refractivity contribution in [2.24, 2.45) is 5.92 Å². The van der Waals surface area contributed by atoms with Crippen LogP contribution >= 0.6 is 0 Å².